The SMILES string of the molecule is C=CC1CCCN1C(=O)C(N(CCCC)C(=O)c1ccccc1)C(C)(C)C. The van der Waals surface area contributed by atoms with Crippen LogP contribution < -0.4 is 0 Å². The summed E-state index contributed by atoms with van der Waals surface area (Å²) in [6.07, 6.45) is 5.65. The number of carbonyl (C=O) groups excluding carboxylic acids is 2. The van der Waals surface area contributed by atoms with Crippen molar-refractivity contribution < 1.29 is 9.59 Å². The van der Waals surface area contributed by atoms with Gasteiger partial charge in [-0.1, -0.05) is 58.4 Å². The molecular weight excluding hydrogens is 336 g/mol. The molecule has 0 aromatic heterocycles. The van der Waals surface area contributed by atoms with Gasteiger partial charge in [0.05, 0.1) is 0 Å². The van der Waals surface area contributed by atoms with E-state index in [1.807, 2.05) is 62.1 Å². The Morgan fingerprint density at radius 3 is 2.52 bits per heavy atom. The van der Waals surface area contributed by atoms with Crippen LogP contribution in [0.5, 0.6) is 0 Å². The molecule has 4 nitrogen and oxygen atoms in total. The second-order valence-corrected chi connectivity index (χ2v) is 8.46. The first-order valence-corrected chi connectivity index (χ1v) is 10.1. The van der Waals surface area contributed by atoms with Crippen LogP contribution in [0.3, 0.4) is 0 Å². The van der Waals surface area contributed by atoms with Crippen LogP contribution in [0.1, 0.15) is 63.7 Å². The predicted octanol–water partition coefficient (Wildman–Crippen LogP) is 4.52. The number of benzene rings is 1. The van der Waals surface area contributed by atoms with Crippen molar-refractivity contribution in [2.45, 2.75) is 65.5 Å². The van der Waals surface area contributed by atoms with Crippen molar-refractivity contribution >= 4 is 11.8 Å². The quantitative estimate of drug-likeness (QED) is 0.662. The number of nitrogens with zero attached hydrogens (tertiary/aromatic N) is 2. The molecule has 1 aromatic rings. The average molecular weight is 371 g/mol. The molecule has 1 fully saturated rings. The summed E-state index contributed by atoms with van der Waals surface area (Å²) in [7, 11) is 0. The summed E-state index contributed by atoms with van der Waals surface area (Å²) in [6, 6.07) is 8.88. The number of hydrogen-bond acceptors (Lipinski definition) is 2. The maximum atomic E-state index is 13.6. The molecule has 0 spiro atoms. The van der Waals surface area contributed by atoms with Gasteiger partial charge in [-0.05, 0) is 36.8 Å². The van der Waals surface area contributed by atoms with E-state index in [0.29, 0.717) is 12.1 Å². The summed E-state index contributed by atoms with van der Waals surface area (Å²) in [6.45, 7) is 13.5. The lowest BCUT2D eigenvalue weighted by Gasteiger charge is -2.42. The summed E-state index contributed by atoms with van der Waals surface area (Å²) in [5.41, 5.74) is 0.279. The summed E-state index contributed by atoms with van der Waals surface area (Å²) in [5, 5.41) is 0. The molecule has 4 heteroatoms. The van der Waals surface area contributed by atoms with Crippen LogP contribution in [0.15, 0.2) is 43.0 Å². The molecule has 0 radical (unpaired) electrons. The van der Waals surface area contributed by atoms with Crippen LogP contribution in [-0.2, 0) is 4.79 Å². The smallest absolute Gasteiger partial charge is 0.254 e. The molecule has 148 valence electrons. The fraction of sp³-hybridized carbons (Fsp3) is 0.565. The molecule has 0 saturated carbocycles. The van der Waals surface area contributed by atoms with Gasteiger partial charge >= 0.3 is 0 Å². The molecule has 1 heterocycles. The predicted molar refractivity (Wildman–Crippen MR) is 111 cm³/mol. The molecule has 0 bridgehead atoms. The van der Waals surface area contributed by atoms with E-state index in [0.717, 1.165) is 32.2 Å². The molecule has 0 N–H and O–H groups in total. The lowest BCUT2D eigenvalue weighted by atomic mass is 9.83. The molecule has 2 rings (SSSR count). The zero-order valence-corrected chi connectivity index (χ0v) is 17.3. The number of likely N-dealkylation sites (tertiary alicyclic amines) is 1. The molecule has 0 aliphatic carbocycles. The lowest BCUT2D eigenvalue weighted by molar-refractivity contribution is -0.140. The van der Waals surface area contributed by atoms with Crippen molar-refractivity contribution in [1.82, 2.24) is 9.80 Å². The summed E-state index contributed by atoms with van der Waals surface area (Å²) in [4.78, 5) is 30.7. The molecule has 2 atom stereocenters. The molecule has 2 unspecified atom stereocenters. The number of amides is 2. The molecule has 27 heavy (non-hydrogen) atoms. The van der Waals surface area contributed by atoms with Crippen molar-refractivity contribution in [2.75, 3.05) is 13.1 Å². The van der Waals surface area contributed by atoms with Crippen LogP contribution >= 0.6 is 0 Å². The Morgan fingerprint density at radius 2 is 1.96 bits per heavy atom. The second-order valence-electron chi connectivity index (χ2n) is 8.46. The Bertz CT molecular complexity index is 648. The molecule has 1 aliphatic rings. The maximum Gasteiger partial charge on any atom is 0.254 e. The maximum absolute atomic E-state index is 13.6. The first kappa shape index (κ1) is 21.2. The Balaban J connectivity index is 2.40. The highest BCUT2D eigenvalue weighted by atomic mass is 16.2. The van der Waals surface area contributed by atoms with Gasteiger partial charge in [0, 0.05) is 24.7 Å². The van der Waals surface area contributed by atoms with Gasteiger partial charge in [-0.2, -0.15) is 0 Å². The largest absolute Gasteiger partial charge is 0.334 e. The van der Waals surface area contributed by atoms with Gasteiger partial charge < -0.3 is 9.80 Å². The van der Waals surface area contributed by atoms with Crippen molar-refractivity contribution in [3.8, 4) is 0 Å². The fourth-order valence-corrected chi connectivity index (χ4v) is 3.86. The first-order valence-electron chi connectivity index (χ1n) is 10.1. The zero-order chi connectivity index (χ0) is 20.0. The van der Waals surface area contributed by atoms with E-state index in [1.54, 1.807) is 4.90 Å². The van der Waals surface area contributed by atoms with Gasteiger partial charge in [0.1, 0.15) is 6.04 Å². The van der Waals surface area contributed by atoms with Crippen molar-refractivity contribution in [3.63, 3.8) is 0 Å². The third-order valence-corrected chi connectivity index (χ3v) is 5.25. The molecule has 1 aliphatic heterocycles. The van der Waals surface area contributed by atoms with Gasteiger partial charge in [0.25, 0.3) is 5.91 Å². The molecule has 1 saturated heterocycles. The standard InChI is InChI=1S/C23H34N2O2/c1-6-8-16-25(21(26)18-13-10-9-11-14-18)20(23(3,4)5)22(27)24-17-12-15-19(24)7-2/h7,9-11,13-14,19-20H,2,6,8,12,15-17H2,1,3-5H3. The van der Waals surface area contributed by atoms with Gasteiger partial charge in [0.15, 0.2) is 0 Å². The van der Waals surface area contributed by atoms with Crippen LogP contribution in [0, 0.1) is 5.41 Å². The summed E-state index contributed by atoms with van der Waals surface area (Å²) in [5.74, 6) is -0.0167. The van der Waals surface area contributed by atoms with Crippen LogP contribution in [0.2, 0.25) is 0 Å². The average Bonchev–Trinajstić information content (AvgIpc) is 3.12. The normalized spacial score (nSPS) is 18.2. The monoisotopic (exact) mass is 370 g/mol. The minimum absolute atomic E-state index is 0.0466. The minimum atomic E-state index is -0.489. The fourth-order valence-electron chi connectivity index (χ4n) is 3.86. The number of rotatable bonds is 7. The molecule has 1 aromatic carbocycles. The van der Waals surface area contributed by atoms with Gasteiger partial charge in [0.2, 0.25) is 5.91 Å². The first-order chi connectivity index (χ1) is 12.8. The topological polar surface area (TPSA) is 40.6 Å². The second kappa shape index (κ2) is 9.20. The van der Waals surface area contributed by atoms with Crippen molar-refractivity contribution in [2.24, 2.45) is 5.41 Å². The molecular formula is C23H34N2O2. The van der Waals surface area contributed by atoms with E-state index in [4.69, 9.17) is 0 Å². The molecule has 2 amide bonds. The Hall–Kier alpha value is -2.10. The summed E-state index contributed by atoms with van der Waals surface area (Å²) >= 11 is 0. The third kappa shape index (κ3) is 5.00. The Kier molecular flexibility index (Phi) is 7.23. The zero-order valence-electron chi connectivity index (χ0n) is 17.3. The Labute approximate surface area is 164 Å². The van der Waals surface area contributed by atoms with Crippen molar-refractivity contribution in [1.29, 1.82) is 0 Å². The van der Waals surface area contributed by atoms with Gasteiger partial charge in [-0.25, -0.2) is 0 Å². The van der Waals surface area contributed by atoms with Gasteiger partial charge in [-0.15, -0.1) is 6.58 Å². The van der Waals surface area contributed by atoms with Crippen LogP contribution in [0.4, 0.5) is 0 Å². The number of hydrogen-bond donors (Lipinski definition) is 0. The van der Waals surface area contributed by atoms with E-state index in [2.05, 4.69) is 13.5 Å². The third-order valence-electron chi connectivity index (χ3n) is 5.25. The van der Waals surface area contributed by atoms with E-state index < -0.39 is 6.04 Å². The van der Waals surface area contributed by atoms with E-state index >= 15 is 0 Å². The highest BCUT2D eigenvalue weighted by Crippen LogP contribution is 2.31. The van der Waals surface area contributed by atoms with Crippen LogP contribution in [-0.4, -0.2) is 46.8 Å². The van der Waals surface area contributed by atoms with Gasteiger partial charge in [-0.3, -0.25) is 9.59 Å². The number of carbonyl (C=O) groups is 2. The van der Waals surface area contributed by atoms with Crippen molar-refractivity contribution in [3.05, 3.63) is 48.6 Å². The Morgan fingerprint density at radius 1 is 1.30 bits per heavy atom. The number of unbranched alkanes of at least 4 members (excludes halogenated alkanes) is 1. The highest BCUT2D eigenvalue weighted by molar-refractivity contribution is 5.98. The van der Waals surface area contributed by atoms with Crippen LogP contribution in [0.25, 0.3) is 0 Å². The van der Waals surface area contributed by atoms with E-state index in [9.17, 15) is 9.59 Å². The summed E-state index contributed by atoms with van der Waals surface area (Å²) < 4.78 is 0. The highest BCUT2D eigenvalue weighted by Gasteiger charge is 2.43. The van der Waals surface area contributed by atoms with E-state index in [-0.39, 0.29) is 23.3 Å². The lowest BCUT2D eigenvalue weighted by Crippen LogP contribution is -2.57. The minimum Gasteiger partial charge on any atom is -0.334 e. The van der Waals surface area contributed by atoms with E-state index in [1.165, 1.54) is 0 Å².